The second-order valence-corrected chi connectivity index (χ2v) is 2.18. The minimum absolute atomic E-state index is 0.750. The highest BCUT2D eigenvalue weighted by atomic mass is 14.9. The molecule has 0 aromatic rings. The third-order valence-electron chi connectivity index (χ3n) is 1.54. The van der Waals surface area contributed by atoms with Gasteiger partial charge in [-0.2, -0.15) is 0 Å². The van der Waals surface area contributed by atoms with E-state index < -0.39 is 0 Å². The summed E-state index contributed by atoms with van der Waals surface area (Å²) in [5.74, 6) is 0. The first-order valence-electron chi connectivity index (χ1n) is 3.52. The molecule has 0 unspecified atom stereocenters. The number of rotatable bonds is 4. The van der Waals surface area contributed by atoms with E-state index in [0.29, 0.717) is 0 Å². The van der Waals surface area contributed by atoms with E-state index >= 15 is 0 Å². The van der Waals surface area contributed by atoms with Crippen molar-refractivity contribution in [2.45, 2.75) is 39.2 Å². The summed E-state index contributed by atoms with van der Waals surface area (Å²) in [5.41, 5.74) is 0. The predicted octanol–water partition coefficient (Wildman–Crippen LogP) is 1.78. The fourth-order valence-corrected chi connectivity index (χ4v) is 0.901. The van der Waals surface area contributed by atoms with Gasteiger partial charge in [-0.3, -0.25) is 0 Å². The molecule has 0 amide bonds. The van der Waals surface area contributed by atoms with Crippen LogP contribution in [0.2, 0.25) is 0 Å². The van der Waals surface area contributed by atoms with Gasteiger partial charge in [-0.1, -0.05) is 20.3 Å². The molecule has 50 valence electrons. The molecule has 1 nitrogen and oxygen atoms in total. The number of hydrogen-bond acceptors (Lipinski definition) is 1. The van der Waals surface area contributed by atoms with Crippen molar-refractivity contribution in [2.75, 3.05) is 7.05 Å². The zero-order chi connectivity index (χ0) is 6.41. The molecule has 0 saturated carbocycles. The first-order valence-corrected chi connectivity index (χ1v) is 3.52. The van der Waals surface area contributed by atoms with Gasteiger partial charge in [-0.25, -0.2) is 0 Å². The Bertz CT molecular complexity index is 39.7. The van der Waals surface area contributed by atoms with E-state index in [0.717, 1.165) is 6.04 Å². The van der Waals surface area contributed by atoms with Crippen LogP contribution in [0, 0.1) is 0 Å². The second-order valence-electron chi connectivity index (χ2n) is 2.18. The molecule has 0 aliphatic heterocycles. The van der Waals surface area contributed by atoms with Crippen molar-refractivity contribution in [3.05, 3.63) is 0 Å². The summed E-state index contributed by atoms with van der Waals surface area (Å²) in [6.07, 6.45) is 3.86. The van der Waals surface area contributed by atoms with Crippen LogP contribution in [0.4, 0.5) is 0 Å². The Morgan fingerprint density at radius 2 is 2.00 bits per heavy atom. The molecule has 0 heterocycles. The van der Waals surface area contributed by atoms with E-state index in [9.17, 15) is 0 Å². The highest BCUT2D eigenvalue weighted by Gasteiger charge is 1.97. The minimum atomic E-state index is 0.750. The van der Waals surface area contributed by atoms with Crippen molar-refractivity contribution >= 4 is 0 Å². The molecule has 1 N–H and O–H groups in total. The van der Waals surface area contributed by atoms with Crippen LogP contribution in [0.25, 0.3) is 0 Å². The largest absolute Gasteiger partial charge is 0.317 e. The molecule has 0 aliphatic carbocycles. The van der Waals surface area contributed by atoms with E-state index in [1.54, 1.807) is 0 Å². The normalized spacial score (nSPS) is 13.9. The van der Waals surface area contributed by atoms with Crippen LogP contribution in [0.1, 0.15) is 33.1 Å². The zero-order valence-corrected chi connectivity index (χ0v) is 6.20. The van der Waals surface area contributed by atoms with Gasteiger partial charge >= 0.3 is 0 Å². The van der Waals surface area contributed by atoms with Gasteiger partial charge in [0.1, 0.15) is 0 Å². The van der Waals surface area contributed by atoms with Gasteiger partial charge in [0, 0.05) is 6.04 Å². The summed E-state index contributed by atoms with van der Waals surface area (Å²) in [5, 5.41) is 3.25. The fourth-order valence-electron chi connectivity index (χ4n) is 0.901. The zero-order valence-electron chi connectivity index (χ0n) is 6.20. The molecule has 0 fully saturated rings. The molecule has 0 aromatic carbocycles. The fraction of sp³-hybridized carbons (Fsp3) is 1.00. The van der Waals surface area contributed by atoms with Crippen LogP contribution in [-0.2, 0) is 0 Å². The van der Waals surface area contributed by atoms with E-state index in [1.165, 1.54) is 19.3 Å². The second kappa shape index (κ2) is 5.10. The van der Waals surface area contributed by atoms with Crippen LogP contribution in [0.15, 0.2) is 0 Å². The third-order valence-corrected chi connectivity index (χ3v) is 1.54. The summed E-state index contributed by atoms with van der Waals surface area (Å²) in [4.78, 5) is 0. The standard InChI is InChI=1S/C7H17N/c1-4-6-7(5-2)8-3/h7-8H,4-6H2,1-3H3/t7-/m1/s1. The lowest BCUT2D eigenvalue weighted by atomic mass is 10.1. The van der Waals surface area contributed by atoms with E-state index in [2.05, 4.69) is 19.2 Å². The summed E-state index contributed by atoms with van der Waals surface area (Å²) in [6.45, 7) is 4.44. The number of hydrogen-bond donors (Lipinski definition) is 1. The molecule has 0 aliphatic rings. The molecule has 0 radical (unpaired) electrons. The summed E-state index contributed by atoms with van der Waals surface area (Å²) in [6, 6.07) is 0.750. The van der Waals surface area contributed by atoms with Crippen molar-refractivity contribution < 1.29 is 0 Å². The van der Waals surface area contributed by atoms with E-state index in [4.69, 9.17) is 0 Å². The first-order chi connectivity index (χ1) is 3.85. The van der Waals surface area contributed by atoms with E-state index in [-0.39, 0.29) is 0 Å². The van der Waals surface area contributed by atoms with Gasteiger partial charge in [-0.05, 0) is 19.9 Å². The molecule has 1 atom stereocenters. The molecular formula is C7H17N. The minimum Gasteiger partial charge on any atom is -0.317 e. The highest BCUT2D eigenvalue weighted by molar-refractivity contribution is 4.59. The molecule has 1 heteroatoms. The Morgan fingerprint density at radius 3 is 2.12 bits per heavy atom. The monoisotopic (exact) mass is 115 g/mol. The van der Waals surface area contributed by atoms with Gasteiger partial charge in [0.25, 0.3) is 0 Å². The quantitative estimate of drug-likeness (QED) is 0.589. The molecular weight excluding hydrogens is 98.1 g/mol. The highest BCUT2D eigenvalue weighted by Crippen LogP contribution is 1.98. The summed E-state index contributed by atoms with van der Waals surface area (Å²) >= 11 is 0. The van der Waals surface area contributed by atoms with E-state index in [1.807, 2.05) is 7.05 Å². The maximum Gasteiger partial charge on any atom is 0.00613 e. The topological polar surface area (TPSA) is 12.0 Å². The van der Waals surface area contributed by atoms with Gasteiger partial charge in [0.2, 0.25) is 0 Å². The van der Waals surface area contributed by atoms with Crippen molar-refractivity contribution in [2.24, 2.45) is 0 Å². The summed E-state index contributed by atoms with van der Waals surface area (Å²) < 4.78 is 0. The Labute approximate surface area is 52.5 Å². The Kier molecular flexibility index (Phi) is 5.08. The lowest BCUT2D eigenvalue weighted by molar-refractivity contribution is 0.503. The lowest BCUT2D eigenvalue weighted by Crippen LogP contribution is -2.23. The van der Waals surface area contributed by atoms with Gasteiger partial charge in [0.05, 0.1) is 0 Å². The Hall–Kier alpha value is -0.0400. The average molecular weight is 115 g/mol. The number of nitrogens with one attached hydrogen (secondary N) is 1. The van der Waals surface area contributed by atoms with Crippen molar-refractivity contribution in [1.29, 1.82) is 0 Å². The van der Waals surface area contributed by atoms with Crippen molar-refractivity contribution in [1.82, 2.24) is 5.32 Å². The lowest BCUT2D eigenvalue weighted by Gasteiger charge is -2.10. The maximum absolute atomic E-state index is 3.25. The Morgan fingerprint density at radius 1 is 1.38 bits per heavy atom. The third kappa shape index (κ3) is 3.03. The van der Waals surface area contributed by atoms with Gasteiger partial charge in [-0.15, -0.1) is 0 Å². The van der Waals surface area contributed by atoms with Gasteiger partial charge < -0.3 is 5.32 Å². The summed E-state index contributed by atoms with van der Waals surface area (Å²) in [7, 11) is 2.03. The smallest absolute Gasteiger partial charge is 0.00613 e. The van der Waals surface area contributed by atoms with Crippen LogP contribution in [0.5, 0.6) is 0 Å². The molecule has 8 heavy (non-hydrogen) atoms. The van der Waals surface area contributed by atoms with Crippen LogP contribution < -0.4 is 5.32 Å². The van der Waals surface area contributed by atoms with Crippen molar-refractivity contribution in [3.63, 3.8) is 0 Å². The molecule has 0 aromatic heterocycles. The Balaban J connectivity index is 3.07. The van der Waals surface area contributed by atoms with Crippen LogP contribution in [-0.4, -0.2) is 13.1 Å². The molecule has 0 saturated heterocycles. The predicted molar refractivity (Wildman–Crippen MR) is 38.0 cm³/mol. The molecule has 0 rings (SSSR count). The van der Waals surface area contributed by atoms with Crippen LogP contribution in [0.3, 0.4) is 0 Å². The first kappa shape index (κ1) is 7.96. The van der Waals surface area contributed by atoms with Crippen LogP contribution >= 0.6 is 0 Å². The molecule has 0 bridgehead atoms. The maximum atomic E-state index is 3.25. The van der Waals surface area contributed by atoms with Crippen molar-refractivity contribution in [3.8, 4) is 0 Å². The molecule has 0 spiro atoms. The SMILES string of the molecule is CCC[C@@H](CC)NC. The average Bonchev–Trinajstić information content (AvgIpc) is 1.83. The van der Waals surface area contributed by atoms with Gasteiger partial charge in [0.15, 0.2) is 0 Å².